The van der Waals surface area contributed by atoms with Gasteiger partial charge in [-0.3, -0.25) is 4.79 Å². The summed E-state index contributed by atoms with van der Waals surface area (Å²) >= 11 is 0. The zero-order valence-corrected chi connectivity index (χ0v) is 17.1. The SMILES string of the molecule is C/C=C\C1=C(C(=C/OC2CN(C(=O)CC3CNCCO3)C2)/C(=O)O)OBC[C@@H]1C. The van der Waals surface area contributed by atoms with Crippen LogP contribution >= 0.6 is 0 Å². The predicted molar refractivity (Wildman–Crippen MR) is 108 cm³/mol. The molecule has 8 nitrogen and oxygen atoms in total. The van der Waals surface area contributed by atoms with Crippen molar-refractivity contribution in [1.82, 2.24) is 10.2 Å². The minimum Gasteiger partial charge on any atom is -0.563 e. The molecule has 1 unspecified atom stereocenters. The molecule has 2 atom stereocenters. The van der Waals surface area contributed by atoms with E-state index in [2.05, 4.69) is 12.2 Å². The normalized spacial score (nSPS) is 26.0. The second-order valence-electron chi connectivity index (χ2n) is 7.62. The molecule has 0 aromatic carbocycles. The zero-order chi connectivity index (χ0) is 20.8. The number of carbonyl (C=O) groups excluding carboxylic acids is 1. The molecule has 3 heterocycles. The second-order valence-corrected chi connectivity index (χ2v) is 7.62. The first-order chi connectivity index (χ1) is 14.0. The molecule has 2 fully saturated rings. The molecule has 0 bridgehead atoms. The summed E-state index contributed by atoms with van der Waals surface area (Å²) in [5.74, 6) is -0.483. The van der Waals surface area contributed by atoms with E-state index >= 15 is 0 Å². The molecule has 0 saturated carbocycles. The molecule has 29 heavy (non-hydrogen) atoms. The number of carboxylic acid groups (broad SMARTS) is 1. The van der Waals surface area contributed by atoms with Gasteiger partial charge < -0.3 is 29.5 Å². The Bertz CT molecular complexity index is 708. The monoisotopic (exact) mass is 404 g/mol. The number of hydrogen-bond donors (Lipinski definition) is 2. The number of morpholine rings is 1. The van der Waals surface area contributed by atoms with Gasteiger partial charge in [0.2, 0.25) is 5.91 Å². The summed E-state index contributed by atoms with van der Waals surface area (Å²) in [6.45, 7) is 6.96. The van der Waals surface area contributed by atoms with E-state index in [1.165, 1.54) is 6.26 Å². The van der Waals surface area contributed by atoms with Gasteiger partial charge >= 0.3 is 13.5 Å². The standard InChI is InChI=1S/C20H29BN2O6/c1-3-4-16-13(2)8-21-29-19(16)17(20(25)26)12-28-15-10-23(11-15)18(24)7-14-9-22-5-6-27-14/h3-4,12-15,21-22H,5-11H2,1-2H3,(H,25,26)/b4-3-,17-12-/t13-,14?/m0/s1. The van der Waals surface area contributed by atoms with E-state index < -0.39 is 5.97 Å². The van der Waals surface area contributed by atoms with Crippen molar-refractivity contribution in [2.24, 2.45) is 5.92 Å². The maximum absolute atomic E-state index is 12.3. The Morgan fingerprint density at radius 3 is 2.86 bits per heavy atom. The minimum atomic E-state index is -1.09. The van der Waals surface area contributed by atoms with Gasteiger partial charge in [-0.05, 0) is 24.7 Å². The fraction of sp³-hybridized carbons (Fsp3) is 0.600. The summed E-state index contributed by atoms with van der Waals surface area (Å²) in [6, 6.07) is 0. The lowest BCUT2D eigenvalue weighted by atomic mass is 9.77. The van der Waals surface area contributed by atoms with Gasteiger partial charge in [0.25, 0.3) is 0 Å². The molecule has 9 heteroatoms. The van der Waals surface area contributed by atoms with Crippen molar-refractivity contribution >= 4 is 19.4 Å². The number of nitrogens with one attached hydrogen (secondary N) is 1. The van der Waals surface area contributed by atoms with Crippen LogP contribution in [0.25, 0.3) is 0 Å². The number of carbonyl (C=O) groups is 2. The highest BCUT2D eigenvalue weighted by atomic mass is 16.5. The summed E-state index contributed by atoms with van der Waals surface area (Å²) in [7, 11) is 0.478. The third-order valence-corrected chi connectivity index (χ3v) is 5.40. The molecule has 3 rings (SSSR count). The number of nitrogens with zero attached hydrogens (tertiary/aromatic N) is 1. The first-order valence-corrected chi connectivity index (χ1v) is 10.2. The van der Waals surface area contributed by atoms with Gasteiger partial charge in [-0.2, -0.15) is 0 Å². The fourth-order valence-corrected chi connectivity index (χ4v) is 3.62. The number of aliphatic carboxylic acids is 1. The average molecular weight is 404 g/mol. The van der Waals surface area contributed by atoms with E-state index in [-0.39, 0.29) is 29.6 Å². The molecule has 158 valence electrons. The quantitative estimate of drug-likeness (QED) is 0.369. The molecule has 2 N–H and O–H groups in total. The van der Waals surface area contributed by atoms with Gasteiger partial charge in [-0.15, -0.1) is 0 Å². The molecule has 0 aromatic rings. The Morgan fingerprint density at radius 2 is 2.21 bits per heavy atom. The van der Waals surface area contributed by atoms with Crippen molar-refractivity contribution in [3.05, 3.63) is 35.3 Å². The van der Waals surface area contributed by atoms with Crippen molar-refractivity contribution in [2.75, 3.05) is 32.8 Å². The fourth-order valence-electron chi connectivity index (χ4n) is 3.62. The summed E-state index contributed by atoms with van der Waals surface area (Å²) in [4.78, 5) is 25.8. The van der Waals surface area contributed by atoms with Crippen molar-refractivity contribution < 1.29 is 28.8 Å². The van der Waals surface area contributed by atoms with Crippen molar-refractivity contribution in [1.29, 1.82) is 0 Å². The van der Waals surface area contributed by atoms with E-state index in [0.717, 1.165) is 18.4 Å². The van der Waals surface area contributed by atoms with Crippen LogP contribution in [0.1, 0.15) is 20.3 Å². The van der Waals surface area contributed by atoms with Crippen LogP contribution in [-0.4, -0.2) is 74.4 Å². The first-order valence-electron chi connectivity index (χ1n) is 10.2. The van der Waals surface area contributed by atoms with Gasteiger partial charge in [0.15, 0.2) is 0 Å². The molecular formula is C20H29BN2O6. The molecule has 0 radical (unpaired) electrons. The number of amides is 1. The lowest BCUT2D eigenvalue weighted by molar-refractivity contribution is -0.145. The van der Waals surface area contributed by atoms with Crippen molar-refractivity contribution in [3.63, 3.8) is 0 Å². The minimum absolute atomic E-state index is 0.0103. The molecule has 0 spiro atoms. The lowest BCUT2D eigenvalue weighted by Crippen LogP contribution is -2.55. The molecule has 0 aliphatic carbocycles. The third-order valence-electron chi connectivity index (χ3n) is 5.40. The third kappa shape index (κ3) is 5.42. The van der Waals surface area contributed by atoms with E-state index in [1.807, 2.05) is 19.1 Å². The number of hydrogen-bond acceptors (Lipinski definition) is 6. The van der Waals surface area contributed by atoms with Crippen LogP contribution in [0.5, 0.6) is 0 Å². The number of likely N-dealkylation sites (tertiary alicyclic amines) is 1. The van der Waals surface area contributed by atoms with Crippen LogP contribution in [0, 0.1) is 5.92 Å². The Kier molecular flexibility index (Phi) is 7.38. The second kappa shape index (κ2) is 9.98. The van der Waals surface area contributed by atoms with Gasteiger partial charge in [-0.1, -0.05) is 19.1 Å². The zero-order valence-electron chi connectivity index (χ0n) is 17.1. The smallest absolute Gasteiger partial charge is 0.342 e. The van der Waals surface area contributed by atoms with Gasteiger partial charge in [0.05, 0.1) is 32.2 Å². The van der Waals surface area contributed by atoms with E-state index in [0.29, 0.717) is 45.9 Å². The first kappa shape index (κ1) is 21.5. The Labute approximate surface area is 171 Å². The molecule has 3 aliphatic rings. The van der Waals surface area contributed by atoms with E-state index in [9.17, 15) is 14.7 Å². The highest BCUT2D eigenvalue weighted by Crippen LogP contribution is 2.31. The van der Waals surface area contributed by atoms with Crippen LogP contribution in [0.15, 0.2) is 35.3 Å². The lowest BCUT2D eigenvalue weighted by Gasteiger charge is -2.39. The average Bonchev–Trinajstić information content (AvgIpc) is 2.66. The number of ether oxygens (including phenoxy) is 2. The Balaban J connectivity index is 1.57. The van der Waals surface area contributed by atoms with Gasteiger partial charge in [0, 0.05) is 13.1 Å². The largest absolute Gasteiger partial charge is 0.563 e. The Hall–Kier alpha value is -2.26. The summed E-state index contributed by atoms with van der Waals surface area (Å²) in [5, 5.41) is 12.9. The molecule has 2 saturated heterocycles. The molecule has 0 aromatic heterocycles. The van der Waals surface area contributed by atoms with Crippen LogP contribution in [-0.2, 0) is 23.7 Å². The Morgan fingerprint density at radius 1 is 1.41 bits per heavy atom. The number of allylic oxidation sites excluding steroid dienone is 3. The summed E-state index contributed by atoms with van der Waals surface area (Å²) in [6.07, 6.45) is 5.92. The molecular weight excluding hydrogens is 375 g/mol. The summed E-state index contributed by atoms with van der Waals surface area (Å²) in [5.41, 5.74) is 0.874. The summed E-state index contributed by atoms with van der Waals surface area (Å²) < 4.78 is 16.9. The van der Waals surface area contributed by atoms with Crippen molar-refractivity contribution in [2.45, 2.75) is 38.8 Å². The maximum atomic E-state index is 12.3. The van der Waals surface area contributed by atoms with Crippen LogP contribution in [0.2, 0.25) is 6.32 Å². The van der Waals surface area contributed by atoms with Gasteiger partial charge in [-0.25, -0.2) is 4.79 Å². The van der Waals surface area contributed by atoms with Gasteiger partial charge in [0.1, 0.15) is 23.7 Å². The number of rotatable bonds is 7. The maximum Gasteiger partial charge on any atom is 0.342 e. The number of carboxylic acids is 1. The topological polar surface area (TPSA) is 97.3 Å². The van der Waals surface area contributed by atoms with E-state index in [4.69, 9.17) is 14.1 Å². The van der Waals surface area contributed by atoms with Crippen LogP contribution in [0.3, 0.4) is 0 Å². The highest BCUT2D eigenvalue weighted by molar-refractivity contribution is 6.28. The molecule has 3 aliphatic heterocycles. The molecule has 1 amide bonds. The van der Waals surface area contributed by atoms with Crippen LogP contribution < -0.4 is 5.32 Å². The van der Waals surface area contributed by atoms with Crippen LogP contribution in [0.4, 0.5) is 0 Å². The highest BCUT2D eigenvalue weighted by Gasteiger charge is 2.34. The van der Waals surface area contributed by atoms with Crippen molar-refractivity contribution in [3.8, 4) is 0 Å². The van der Waals surface area contributed by atoms with E-state index in [1.54, 1.807) is 4.90 Å². The predicted octanol–water partition coefficient (Wildman–Crippen LogP) is 0.827.